The number of hydrogen-bond donors (Lipinski definition) is 1. The molecule has 1 aliphatic carbocycles. The van der Waals surface area contributed by atoms with Gasteiger partial charge in [0.2, 0.25) is 0 Å². The van der Waals surface area contributed by atoms with E-state index in [-0.39, 0.29) is 0 Å². The molecular formula is C20H33N. The van der Waals surface area contributed by atoms with Gasteiger partial charge in [-0.1, -0.05) is 57.5 Å². The van der Waals surface area contributed by atoms with Crippen molar-refractivity contribution in [1.82, 2.24) is 0 Å². The average molecular weight is 287 g/mol. The highest BCUT2D eigenvalue weighted by Crippen LogP contribution is 2.49. The van der Waals surface area contributed by atoms with Crippen molar-refractivity contribution in [1.29, 1.82) is 0 Å². The summed E-state index contributed by atoms with van der Waals surface area (Å²) in [6, 6.07) is 9.55. The third-order valence-corrected chi connectivity index (χ3v) is 5.56. The van der Waals surface area contributed by atoms with E-state index in [1.807, 2.05) is 0 Å². The highest BCUT2D eigenvalue weighted by Gasteiger charge is 2.37. The van der Waals surface area contributed by atoms with Gasteiger partial charge in [-0.25, -0.2) is 0 Å². The average Bonchev–Trinajstić information content (AvgIpc) is 2.39. The first-order valence-corrected chi connectivity index (χ1v) is 8.61. The summed E-state index contributed by atoms with van der Waals surface area (Å²) in [5.41, 5.74) is 9.56. The fraction of sp³-hybridized carbons (Fsp3) is 0.700. The van der Waals surface area contributed by atoms with Crippen LogP contribution in [0.25, 0.3) is 0 Å². The summed E-state index contributed by atoms with van der Waals surface area (Å²) in [6.07, 6.45) is 5.15. The standard InChI is InChI=1S/C20H33N/c1-14(2)19(21)12-16-8-11-18(20(4,5)13-16)17-9-6-15(3)7-10-17/h6-7,9-10,14,16,18-19H,8,11-13,21H2,1-5H3/t16?,18?,19-/m0/s1. The molecule has 1 saturated carbocycles. The lowest BCUT2D eigenvalue weighted by Gasteiger charge is -2.43. The molecule has 0 saturated heterocycles. The Morgan fingerprint density at radius 2 is 1.76 bits per heavy atom. The Balaban J connectivity index is 2.04. The van der Waals surface area contributed by atoms with Gasteiger partial charge in [0, 0.05) is 6.04 Å². The number of nitrogens with two attached hydrogens (primary N) is 1. The van der Waals surface area contributed by atoms with Crippen LogP contribution in [0.15, 0.2) is 24.3 Å². The SMILES string of the molecule is Cc1ccc(C2CCC(C[C@H](N)C(C)C)CC2(C)C)cc1. The lowest BCUT2D eigenvalue weighted by molar-refractivity contribution is 0.131. The smallest absolute Gasteiger partial charge is 0.00645 e. The summed E-state index contributed by atoms with van der Waals surface area (Å²) >= 11 is 0. The molecule has 0 heterocycles. The first kappa shape index (κ1) is 16.5. The maximum absolute atomic E-state index is 6.30. The van der Waals surface area contributed by atoms with Gasteiger partial charge in [-0.05, 0) is 61.3 Å². The van der Waals surface area contributed by atoms with E-state index in [0.29, 0.717) is 23.3 Å². The van der Waals surface area contributed by atoms with Crippen molar-refractivity contribution in [2.75, 3.05) is 0 Å². The first-order valence-electron chi connectivity index (χ1n) is 8.61. The van der Waals surface area contributed by atoms with Gasteiger partial charge in [-0.15, -0.1) is 0 Å². The number of benzene rings is 1. The molecule has 21 heavy (non-hydrogen) atoms. The minimum absolute atomic E-state index is 0.363. The number of hydrogen-bond acceptors (Lipinski definition) is 1. The molecule has 1 heteroatoms. The van der Waals surface area contributed by atoms with E-state index in [1.54, 1.807) is 0 Å². The highest BCUT2D eigenvalue weighted by molar-refractivity contribution is 5.26. The fourth-order valence-electron chi connectivity index (χ4n) is 4.06. The molecule has 118 valence electrons. The molecule has 1 aromatic rings. The Hall–Kier alpha value is -0.820. The Morgan fingerprint density at radius 1 is 1.14 bits per heavy atom. The van der Waals surface area contributed by atoms with Gasteiger partial charge < -0.3 is 5.73 Å². The Kier molecular flexibility index (Phi) is 5.14. The van der Waals surface area contributed by atoms with E-state index in [0.717, 1.165) is 5.92 Å². The summed E-state index contributed by atoms with van der Waals surface area (Å²) in [4.78, 5) is 0. The Morgan fingerprint density at radius 3 is 2.29 bits per heavy atom. The molecular weight excluding hydrogens is 254 g/mol. The molecule has 0 radical (unpaired) electrons. The second-order valence-electron chi connectivity index (χ2n) is 8.24. The van der Waals surface area contributed by atoms with Crippen molar-refractivity contribution in [3.8, 4) is 0 Å². The molecule has 0 aliphatic heterocycles. The van der Waals surface area contributed by atoms with Crippen LogP contribution < -0.4 is 5.73 Å². The molecule has 2 rings (SSSR count). The van der Waals surface area contributed by atoms with E-state index in [9.17, 15) is 0 Å². The molecule has 1 nitrogen and oxygen atoms in total. The van der Waals surface area contributed by atoms with Crippen molar-refractivity contribution in [2.24, 2.45) is 23.0 Å². The third kappa shape index (κ3) is 4.10. The predicted molar refractivity (Wildman–Crippen MR) is 92.5 cm³/mol. The largest absolute Gasteiger partial charge is 0.327 e. The second-order valence-corrected chi connectivity index (χ2v) is 8.24. The van der Waals surface area contributed by atoms with Crippen molar-refractivity contribution < 1.29 is 0 Å². The summed E-state index contributed by atoms with van der Waals surface area (Å²) in [7, 11) is 0. The molecule has 3 atom stereocenters. The van der Waals surface area contributed by atoms with E-state index >= 15 is 0 Å². The molecule has 2 unspecified atom stereocenters. The zero-order chi connectivity index (χ0) is 15.6. The van der Waals surface area contributed by atoms with E-state index < -0.39 is 0 Å². The minimum atomic E-state index is 0.363. The van der Waals surface area contributed by atoms with Crippen molar-refractivity contribution in [2.45, 2.75) is 72.3 Å². The van der Waals surface area contributed by atoms with E-state index in [1.165, 1.54) is 36.8 Å². The monoisotopic (exact) mass is 287 g/mol. The van der Waals surface area contributed by atoms with Crippen LogP contribution in [0.2, 0.25) is 0 Å². The van der Waals surface area contributed by atoms with Crippen molar-refractivity contribution in [3.63, 3.8) is 0 Å². The summed E-state index contributed by atoms with van der Waals surface area (Å²) in [5, 5.41) is 0. The van der Waals surface area contributed by atoms with Crippen LogP contribution in [0.3, 0.4) is 0 Å². The van der Waals surface area contributed by atoms with Gasteiger partial charge in [0.1, 0.15) is 0 Å². The zero-order valence-electron chi connectivity index (χ0n) is 14.5. The summed E-state index contributed by atoms with van der Waals surface area (Å²) < 4.78 is 0. The van der Waals surface area contributed by atoms with Crippen molar-refractivity contribution in [3.05, 3.63) is 35.4 Å². The van der Waals surface area contributed by atoms with Crippen LogP contribution in [0.5, 0.6) is 0 Å². The maximum atomic E-state index is 6.30. The maximum Gasteiger partial charge on any atom is 0.00645 e. The molecule has 0 spiro atoms. The predicted octanol–water partition coefficient (Wildman–Crippen LogP) is 5.28. The van der Waals surface area contributed by atoms with E-state index in [4.69, 9.17) is 5.73 Å². The summed E-state index contributed by atoms with van der Waals surface area (Å²) in [6.45, 7) is 11.6. The van der Waals surface area contributed by atoms with Crippen LogP contribution in [0.4, 0.5) is 0 Å². The van der Waals surface area contributed by atoms with E-state index in [2.05, 4.69) is 58.9 Å². The molecule has 2 N–H and O–H groups in total. The van der Waals surface area contributed by atoms with Crippen LogP contribution in [-0.2, 0) is 0 Å². The van der Waals surface area contributed by atoms with Gasteiger partial charge >= 0.3 is 0 Å². The zero-order valence-corrected chi connectivity index (χ0v) is 14.5. The number of rotatable bonds is 4. The van der Waals surface area contributed by atoms with Gasteiger partial charge in [-0.3, -0.25) is 0 Å². The normalized spacial score (nSPS) is 26.8. The minimum Gasteiger partial charge on any atom is -0.327 e. The molecule has 1 fully saturated rings. The molecule has 0 amide bonds. The third-order valence-electron chi connectivity index (χ3n) is 5.56. The number of aryl methyl sites for hydroxylation is 1. The van der Waals surface area contributed by atoms with Gasteiger partial charge in [0.25, 0.3) is 0 Å². The fourth-order valence-corrected chi connectivity index (χ4v) is 4.06. The Bertz CT molecular complexity index is 443. The first-order chi connectivity index (χ1) is 9.79. The van der Waals surface area contributed by atoms with Crippen LogP contribution in [0, 0.1) is 24.2 Å². The molecule has 0 bridgehead atoms. The van der Waals surface area contributed by atoms with Gasteiger partial charge in [0.15, 0.2) is 0 Å². The molecule has 0 aromatic heterocycles. The van der Waals surface area contributed by atoms with Crippen LogP contribution in [-0.4, -0.2) is 6.04 Å². The highest BCUT2D eigenvalue weighted by atomic mass is 14.6. The lowest BCUT2D eigenvalue weighted by Crippen LogP contribution is -2.35. The van der Waals surface area contributed by atoms with Gasteiger partial charge in [-0.2, -0.15) is 0 Å². The molecule has 1 aromatic carbocycles. The van der Waals surface area contributed by atoms with Crippen molar-refractivity contribution >= 4 is 0 Å². The van der Waals surface area contributed by atoms with Crippen LogP contribution in [0.1, 0.15) is 70.4 Å². The lowest BCUT2D eigenvalue weighted by atomic mass is 9.62. The Labute approximate surface area is 131 Å². The quantitative estimate of drug-likeness (QED) is 0.801. The van der Waals surface area contributed by atoms with Crippen LogP contribution >= 0.6 is 0 Å². The second kappa shape index (κ2) is 6.52. The van der Waals surface area contributed by atoms with Gasteiger partial charge in [0.05, 0.1) is 0 Å². The topological polar surface area (TPSA) is 26.0 Å². The molecule has 1 aliphatic rings. The summed E-state index contributed by atoms with van der Waals surface area (Å²) in [5.74, 6) is 2.10.